The molecule has 1 heterocycles. The number of benzene rings is 1. The average Bonchev–Trinajstić information content (AvgIpc) is 2.83. The third-order valence-electron chi connectivity index (χ3n) is 2.71. The van der Waals surface area contributed by atoms with Crippen LogP contribution in [0.4, 0.5) is 5.69 Å². The van der Waals surface area contributed by atoms with E-state index in [1.807, 2.05) is 0 Å². The molecule has 1 atom stereocenters. The van der Waals surface area contributed by atoms with Gasteiger partial charge in [-0.3, -0.25) is 4.79 Å². The number of aliphatic hydroxyl groups is 1. The summed E-state index contributed by atoms with van der Waals surface area (Å²) >= 11 is 0. The number of aliphatic hydroxyl groups excluding tert-OH is 1. The van der Waals surface area contributed by atoms with Crippen molar-refractivity contribution in [3.63, 3.8) is 0 Å². The fraction of sp³-hybridized carbons (Fsp3) is 0.231. The summed E-state index contributed by atoms with van der Waals surface area (Å²) in [7, 11) is 1.78. The van der Waals surface area contributed by atoms with Crippen LogP contribution in [0.15, 0.2) is 36.8 Å². The Morgan fingerprint density at radius 3 is 2.74 bits per heavy atom. The zero-order valence-corrected chi connectivity index (χ0v) is 10.6. The van der Waals surface area contributed by atoms with Gasteiger partial charge in [0, 0.05) is 25.5 Å². The molecule has 1 aromatic heterocycles. The summed E-state index contributed by atoms with van der Waals surface area (Å²) in [5, 5.41) is 12.6. The van der Waals surface area contributed by atoms with Crippen molar-refractivity contribution in [1.82, 2.24) is 14.9 Å². The van der Waals surface area contributed by atoms with Crippen LogP contribution in [0.25, 0.3) is 0 Å². The molecule has 0 bridgehead atoms. The fourth-order valence-electron chi connectivity index (χ4n) is 1.65. The molecular formula is C13H16N4O2. The number of hydrogen-bond acceptors (Lipinski definition) is 4. The van der Waals surface area contributed by atoms with Gasteiger partial charge in [-0.2, -0.15) is 0 Å². The number of imidazole rings is 1. The summed E-state index contributed by atoms with van der Waals surface area (Å²) in [5.74, 6) is -0.310. The number of carbonyl (C=O) groups is 1. The Bertz CT molecular complexity index is 562. The highest BCUT2D eigenvalue weighted by atomic mass is 16.3. The first-order valence-corrected chi connectivity index (χ1v) is 5.86. The second-order valence-corrected chi connectivity index (χ2v) is 4.32. The summed E-state index contributed by atoms with van der Waals surface area (Å²) in [6.45, 7) is 0.124. The van der Waals surface area contributed by atoms with Crippen LogP contribution < -0.4 is 11.1 Å². The van der Waals surface area contributed by atoms with E-state index in [0.29, 0.717) is 16.9 Å². The topological polar surface area (TPSA) is 93.2 Å². The highest BCUT2D eigenvalue weighted by Crippen LogP contribution is 2.13. The second-order valence-electron chi connectivity index (χ2n) is 4.32. The van der Waals surface area contributed by atoms with Gasteiger partial charge in [0.05, 0.1) is 12.4 Å². The lowest BCUT2D eigenvalue weighted by atomic mass is 10.1. The lowest BCUT2D eigenvalue weighted by molar-refractivity contribution is 0.0912. The number of nitrogens with zero attached hydrogens (tertiary/aromatic N) is 2. The maximum atomic E-state index is 11.7. The van der Waals surface area contributed by atoms with Crippen LogP contribution in [0, 0.1) is 0 Å². The van der Waals surface area contributed by atoms with E-state index in [9.17, 15) is 9.90 Å². The maximum absolute atomic E-state index is 11.7. The van der Waals surface area contributed by atoms with Crippen molar-refractivity contribution in [3.05, 3.63) is 48.0 Å². The zero-order chi connectivity index (χ0) is 13.8. The van der Waals surface area contributed by atoms with Gasteiger partial charge in [0.1, 0.15) is 5.69 Å². The van der Waals surface area contributed by atoms with Gasteiger partial charge in [-0.1, -0.05) is 12.1 Å². The number of nitrogens with two attached hydrogens (primary N) is 1. The van der Waals surface area contributed by atoms with Crippen molar-refractivity contribution in [3.8, 4) is 0 Å². The maximum Gasteiger partial charge on any atom is 0.271 e. The Morgan fingerprint density at radius 1 is 1.47 bits per heavy atom. The number of carbonyl (C=O) groups excluding carboxylic acids is 1. The number of nitrogens with one attached hydrogen (secondary N) is 1. The van der Waals surface area contributed by atoms with Gasteiger partial charge in [0.25, 0.3) is 5.91 Å². The highest BCUT2D eigenvalue weighted by molar-refractivity contribution is 5.92. The molecule has 0 fully saturated rings. The molecule has 4 N–H and O–H groups in total. The van der Waals surface area contributed by atoms with Crippen LogP contribution in [-0.2, 0) is 7.05 Å². The molecule has 1 aromatic carbocycles. The molecule has 6 heteroatoms. The molecule has 0 saturated carbocycles. The molecule has 2 rings (SSSR count). The molecule has 0 aliphatic heterocycles. The monoisotopic (exact) mass is 260 g/mol. The SMILES string of the molecule is Cn1cnc(C(=O)NCC(O)c2ccc(N)cc2)c1. The van der Waals surface area contributed by atoms with Crippen molar-refractivity contribution < 1.29 is 9.90 Å². The van der Waals surface area contributed by atoms with Gasteiger partial charge in [-0.05, 0) is 17.7 Å². The van der Waals surface area contributed by atoms with Crippen LogP contribution in [0.2, 0.25) is 0 Å². The van der Waals surface area contributed by atoms with E-state index in [4.69, 9.17) is 5.73 Å². The first-order chi connectivity index (χ1) is 9.06. The lowest BCUT2D eigenvalue weighted by Gasteiger charge is -2.11. The molecule has 100 valence electrons. The highest BCUT2D eigenvalue weighted by Gasteiger charge is 2.12. The molecule has 0 spiro atoms. The summed E-state index contributed by atoms with van der Waals surface area (Å²) in [4.78, 5) is 15.7. The summed E-state index contributed by atoms with van der Waals surface area (Å²) in [6.07, 6.45) is 2.39. The standard InChI is InChI=1S/C13H16N4O2/c1-17-7-11(16-8-17)13(19)15-6-12(18)9-2-4-10(14)5-3-9/h2-5,7-8,12,18H,6,14H2,1H3,(H,15,19). The molecule has 19 heavy (non-hydrogen) atoms. The van der Waals surface area contributed by atoms with Gasteiger partial charge >= 0.3 is 0 Å². The van der Waals surface area contributed by atoms with E-state index in [0.717, 1.165) is 0 Å². The van der Waals surface area contributed by atoms with E-state index in [2.05, 4.69) is 10.3 Å². The summed E-state index contributed by atoms with van der Waals surface area (Å²) in [5.41, 5.74) is 7.23. The van der Waals surface area contributed by atoms with Crippen molar-refractivity contribution >= 4 is 11.6 Å². The third-order valence-corrected chi connectivity index (χ3v) is 2.71. The smallest absolute Gasteiger partial charge is 0.271 e. The fourth-order valence-corrected chi connectivity index (χ4v) is 1.65. The lowest BCUT2D eigenvalue weighted by Crippen LogP contribution is -2.28. The minimum atomic E-state index is -0.770. The van der Waals surface area contributed by atoms with Gasteiger partial charge in [-0.25, -0.2) is 4.98 Å². The largest absolute Gasteiger partial charge is 0.399 e. The van der Waals surface area contributed by atoms with Crippen molar-refractivity contribution in [2.24, 2.45) is 7.05 Å². The van der Waals surface area contributed by atoms with Crippen LogP contribution in [-0.4, -0.2) is 27.1 Å². The van der Waals surface area contributed by atoms with Gasteiger partial charge < -0.3 is 20.7 Å². The Balaban J connectivity index is 1.91. The molecule has 0 aliphatic carbocycles. The quantitative estimate of drug-likeness (QED) is 0.696. The molecular weight excluding hydrogens is 244 g/mol. The minimum absolute atomic E-state index is 0.124. The van der Waals surface area contributed by atoms with E-state index in [-0.39, 0.29) is 12.5 Å². The molecule has 1 unspecified atom stereocenters. The van der Waals surface area contributed by atoms with E-state index in [1.165, 1.54) is 0 Å². The van der Waals surface area contributed by atoms with E-state index >= 15 is 0 Å². The number of hydrogen-bond donors (Lipinski definition) is 3. The number of rotatable bonds is 4. The Labute approximate surface area is 110 Å². The van der Waals surface area contributed by atoms with Crippen molar-refractivity contribution in [1.29, 1.82) is 0 Å². The Hall–Kier alpha value is -2.34. The molecule has 0 aliphatic rings. The third kappa shape index (κ3) is 3.32. The summed E-state index contributed by atoms with van der Waals surface area (Å²) in [6, 6.07) is 6.87. The van der Waals surface area contributed by atoms with Gasteiger partial charge in [0.2, 0.25) is 0 Å². The molecule has 0 saturated heterocycles. The van der Waals surface area contributed by atoms with Gasteiger partial charge in [-0.15, -0.1) is 0 Å². The van der Waals surface area contributed by atoms with Crippen LogP contribution in [0.1, 0.15) is 22.2 Å². The predicted octanol–water partition coefficient (Wildman–Crippen LogP) is 0.466. The Morgan fingerprint density at radius 2 is 2.16 bits per heavy atom. The molecule has 6 nitrogen and oxygen atoms in total. The van der Waals surface area contributed by atoms with Crippen molar-refractivity contribution in [2.75, 3.05) is 12.3 Å². The Kier molecular flexibility index (Phi) is 3.82. The minimum Gasteiger partial charge on any atom is -0.399 e. The number of aromatic nitrogens is 2. The first-order valence-electron chi connectivity index (χ1n) is 5.86. The van der Waals surface area contributed by atoms with Crippen LogP contribution >= 0.6 is 0 Å². The van der Waals surface area contributed by atoms with E-state index in [1.54, 1.807) is 48.4 Å². The molecule has 0 radical (unpaired) electrons. The predicted molar refractivity (Wildman–Crippen MR) is 71.4 cm³/mol. The van der Waals surface area contributed by atoms with Crippen molar-refractivity contribution in [2.45, 2.75) is 6.10 Å². The van der Waals surface area contributed by atoms with Gasteiger partial charge in [0.15, 0.2) is 0 Å². The second kappa shape index (κ2) is 5.53. The number of nitrogen functional groups attached to an aromatic ring is 1. The number of amides is 1. The molecule has 1 amide bonds. The first kappa shape index (κ1) is 13.1. The van der Waals surface area contributed by atoms with Crippen LogP contribution in [0.5, 0.6) is 0 Å². The van der Waals surface area contributed by atoms with E-state index < -0.39 is 6.10 Å². The van der Waals surface area contributed by atoms with Crippen LogP contribution in [0.3, 0.4) is 0 Å². The number of aryl methyl sites for hydroxylation is 1. The normalized spacial score (nSPS) is 12.1. The summed E-state index contributed by atoms with van der Waals surface area (Å²) < 4.78 is 1.69. The zero-order valence-electron chi connectivity index (χ0n) is 10.6. The molecule has 2 aromatic rings. The average molecular weight is 260 g/mol. The number of anilines is 1.